The van der Waals surface area contributed by atoms with Gasteiger partial charge in [-0.3, -0.25) is 0 Å². The summed E-state index contributed by atoms with van der Waals surface area (Å²) in [6.07, 6.45) is 0. The summed E-state index contributed by atoms with van der Waals surface area (Å²) in [5.74, 6) is 0. The Morgan fingerprint density at radius 2 is 0.730 bits per heavy atom. The van der Waals surface area contributed by atoms with Crippen LogP contribution in [0.4, 0.5) is 0 Å². The molecule has 63 heavy (non-hydrogen) atoms. The van der Waals surface area contributed by atoms with Gasteiger partial charge in [-0.1, -0.05) is 218 Å². The lowest BCUT2D eigenvalue weighted by Gasteiger charge is -2.31. The molecule has 0 saturated heterocycles. The molecule has 290 valence electrons. The van der Waals surface area contributed by atoms with Crippen LogP contribution >= 0.6 is 0 Å². The summed E-state index contributed by atoms with van der Waals surface area (Å²) >= 11 is 0. The van der Waals surface area contributed by atoms with Gasteiger partial charge in [0.15, 0.2) is 0 Å². The van der Waals surface area contributed by atoms with E-state index in [2.05, 4.69) is 231 Å². The predicted octanol–water partition coefficient (Wildman–Crippen LogP) is 16.8. The average molecular weight is 795 g/mol. The topological polar surface area (TPSA) is 0 Å². The average Bonchev–Trinajstić information content (AvgIpc) is 3.83. The molecule has 0 aromatic heterocycles. The normalized spacial score (nSPS) is 13.2. The highest BCUT2D eigenvalue weighted by Crippen LogP contribution is 2.65. The second kappa shape index (κ2) is 13.0. The van der Waals surface area contributed by atoms with Crippen LogP contribution in [0.25, 0.3) is 109 Å². The van der Waals surface area contributed by atoms with Crippen molar-refractivity contribution in [2.24, 2.45) is 0 Å². The van der Waals surface area contributed by atoms with E-state index in [4.69, 9.17) is 0 Å². The van der Waals surface area contributed by atoms with Crippen LogP contribution in [0.3, 0.4) is 0 Å². The van der Waals surface area contributed by atoms with E-state index >= 15 is 0 Å². The van der Waals surface area contributed by atoms with Gasteiger partial charge in [0.2, 0.25) is 0 Å². The van der Waals surface area contributed by atoms with Gasteiger partial charge < -0.3 is 0 Å². The first-order valence-electron chi connectivity index (χ1n) is 22.1. The van der Waals surface area contributed by atoms with Crippen molar-refractivity contribution < 1.29 is 0 Å². The van der Waals surface area contributed by atoms with Crippen LogP contribution < -0.4 is 0 Å². The molecule has 14 rings (SSSR count). The number of hydrogen-bond acceptors (Lipinski definition) is 0. The quantitative estimate of drug-likeness (QED) is 0.156. The van der Waals surface area contributed by atoms with E-state index in [9.17, 15) is 0 Å². The smallest absolute Gasteiger partial charge is 0.0619 e. The van der Waals surface area contributed by atoms with Gasteiger partial charge in [0.1, 0.15) is 0 Å². The minimum absolute atomic E-state index is 0.427. The van der Waals surface area contributed by atoms with Crippen molar-refractivity contribution in [3.63, 3.8) is 0 Å². The first-order valence-corrected chi connectivity index (χ1v) is 22.1. The van der Waals surface area contributed by atoms with Gasteiger partial charge in [-0.15, -0.1) is 0 Å². The highest BCUT2D eigenvalue weighted by molar-refractivity contribution is 6.23. The Morgan fingerprint density at radius 1 is 0.222 bits per heavy atom. The summed E-state index contributed by atoms with van der Waals surface area (Å²) in [4.78, 5) is 0. The van der Waals surface area contributed by atoms with Crippen molar-refractivity contribution in [3.05, 3.63) is 253 Å². The number of benzene rings is 12. The van der Waals surface area contributed by atoms with Crippen LogP contribution in [0.15, 0.2) is 231 Å². The molecular weight excluding hydrogens is 757 g/mol. The molecule has 0 N–H and O–H groups in total. The molecule has 0 radical (unpaired) electrons. The maximum atomic E-state index is 2.43. The van der Waals surface area contributed by atoms with Crippen LogP contribution in [0.1, 0.15) is 22.3 Å². The molecule has 0 heteroatoms. The van der Waals surface area contributed by atoms with E-state index in [1.807, 2.05) is 0 Å². The van der Waals surface area contributed by atoms with E-state index in [-0.39, 0.29) is 0 Å². The van der Waals surface area contributed by atoms with Crippen molar-refractivity contribution in [1.82, 2.24) is 0 Å². The SMILES string of the molecule is c1cc(-c2ccc3c4c(ccc3c2)-c2c(ccc3ccccc23)C42c3ccccc3-c3ccccc32)cc(-c2c3ccccc3c(-c3cccc4ccccc34)c3ccccc23)c1. The van der Waals surface area contributed by atoms with Gasteiger partial charge in [0.25, 0.3) is 0 Å². The molecule has 12 aromatic carbocycles. The number of rotatable bonds is 3. The van der Waals surface area contributed by atoms with Crippen molar-refractivity contribution in [3.8, 4) is 55.6 Å². The van der Waals surface area contributed by atoms with E-state index < -0.39 is 5.41 Å². The van der Waals surface area contributed by atoms with Crippen LogP contribution in [0.5, 0.6) is 0 Å². The fourth-order valence-corrected chi connectivity index (χ4v) is 12.0. The van der Waals surface area contributed by atoms with Gasteiger partial charge in [0.05, 0.1) is 5.41 Å². The first kappa shape index (κ1) is 34.6. The van der Waals surface area contributed by atoms with Gasteiger partial charge in [0, 0.05) is 0 Å². The minimum atomic E-state index is -0.427. The third-order valence-electron chi connectivity index (χ3n) is 14.4. The lowest BCUT2D eigenvalue weighted by Crippen LogP contribution is -2.26. The second-order valence-corrected chi connectivity index (χ2v) is 17.4. The predicted molar refractivity (Wildman–Crippen MR) is 267 cm³/mol. The molecule has 0 amide bonds. The molecule has 0 bridgehead atoms. The van der Waals surface area contributed by atoms with Crippen molar-refractivity contribution in [1.29, 1.82) is 0 Å². The molecule has 12 aromatic rings. The standard InChI is InChI=1S/C63H38/c1-3-20-45-39(15-1)17-14-28-50(45)60-53-26-7-5-24-51(53)59(52-25-6-8-27-54(52)60)44-19-13-18-41(38-44)42-31-34-47-43(37-42)32-35-55-61-46-21-4-2-16-40(46)33-36-58(61)63(62(47)55)56-29-11-9-22-48(56)49-23-10-12-30-57(49)63/h1-38H. The molecule has 0 atom stereocenters. The summed E-state index contributed by atoms with van der Waals surface area (Å²) < 4.78 is 0. The van der Waals surface area contributed by atoms with Crippen LogP contribution in [0.2, 0.25) is 0 Å². The molecule has 0 heterocycles. The molecule has 1 spiro atoms. The Labute approximate surface area is 366 Å². The summed E-state index contributed by atoms with van der Waals surface area (Å²) in [6, 6.07) is 86.6. The monoisotopic (exact) mass is 794 g/mol. The van der Waals surface area contributed by atoms with Crippen LogP contribution in [0, 0.1) is 0 Å². The van der Waals surface area contributed by atoms with Crippen molar-refractivity contribution in [2.45, 2.75) is 5.41 Å². The summed E-state index contributed by atoms with van der Waals surface area (Å²) in [6.45, 7) is 0. The maximum Gasteiger partial charge on any atom is 0.0731 e. The molecule has 0 unspecified atom stereocenters. The zero-order valence-corrected chi connectivity index (χ0v) is 34.4. The lowest BCUT2D eigenvalue weighted by atomic mass is 9.69. The zero-order chi connectivity index (χ0) is 41.2. The van der Waals surface area contributed by atoms with Gasteiger partial charge in [-0.2, -0.15) is 0 Å². The molecule has 0 nitrogen and oxygen atoms in total. The lowest BCUT2D eigenvalue weighted by molar-refractivity contribution is 0.802. The fraction of sp³-hybridized carbons (Fsp3) is 0.0159. The minimum Gasteiger partial charge on any atom is -0.0619 e. The Hall–Kier alpha value is -8.06. The highest BCUT2D eigenvalue weighted by Gasteiger charge is 2.52. The molecule has 0 aliphatic heterocycles. The second-order valence-electron chi connectivity index (χ2n) is 17.4. The van der Waals surface area contributed by atoms with Gasteiger partial charge >= 0.3 is 0 Å². The Balaban J connectivity index is 0.982. The largest absolute Gasteiger partial charge is 0.0731 e. The fourth-order valence-electron chi connectivity index (χ4n) is 12.0. The number of hydrogen-bond donors (Lipinski definition) is 0. The highest BCUT2D eigenvalue weighted by atomic mass is 14.5. The van der Waals surface area contributed by atoms with Crippen LogP contribution in [-0.2, 0) is 5.41 Å². The Morgan fingerprint density at radius 3 is 1.44 bits per heavy atom. The number of fused-ring (bicyclic) bond motifs is 17. The Bertz CT molecular complexity index is 3810. The summed E-state index contributed by atoms with van der Waals surface area (Å²) in [7, 11) is 0. The maximum absolute atomic E-state index is 2.43. The molecule has 2 aliphatic rings. The summed E-state index contributed by atoms with van der Waals surface area (Å²) in [5, 5.41) is 12.7. The zero-order valence-electron chi connectivity index (χ0n) is 34.4. The van der Waals surface area contributed by atoms with Crippen molar-refractivity contribution in [2.75, 3.05) is 0 Å². The molecule has 0 saturated carbocycles. The molecule has 0 fully saturated rings. The first-order chi connectivity index (χ1) is 31.3. The Kier molecular flexibility index (Phi) is 7.13. The van der Waals surface area contributed by atoms with E-state index in [0.717, 1.165) is 0 Å². The van der Waals surface area contributed by atoms with Crippen LogP contribution in [-0.4, -0.2) is 0 Å². The summed E-state index contributed by atoms with van der Waals surface area (Å²) in [5.41, 5.74) is 17.9. The van der Waals surface area contributed by atoms with E-state index in [0.29, 0.717) is 0 Å². The molecule has 2 aliphatic carbocycles. The third kappa shape index (κ3) is 4.65. The van der Waals surface area contributed by atoms with E-state index in [1.165, 1.54) is 132 Å². The van der Waals surface area contributed by atoms with Gasteiger partial charge in [-0.25, -0.2) is 0 Å². The van der Waals surface area contributed by atoms with E-state index in [1.54, 1.807) is 0 Å². The molecular formula is C63H38. The van der Waals surface area contributed by atoms with Crippen molar-refractivity contribution >= 4 is 53.9 Å². The third-order valence-corrected chi connectivity index (χ3v) is 14.4. The van der Waals surface area contributed by atoms with Gasteiger partial charge in [-0.05, 0) is 144 Å².